The van der Waals surface area contributed by atoms with Crippen molar-refractivity contribution in [1.29, 1.82) is 0 Å². The van der Waals surface area contributed by atoms with Gasteiger partial charge in [0.1, 0.15) is 5.75 Å². The van der Waals surface area contributed by atoms with Crippen molar-refractivity contribution in [2.24, 2.45) is 0 Å². The molecule has 1 aliphatic heterocycles. The maximum atomic E-state index is 11.3. The summed E-state index contributed by atoms with van der Waals surface area (Å²) in [6.45, 7) is 3.90. The monoisotopic (exact) mass is 250 g/mol. The maximum absolute atomic E-state index is 11.3. The Hall–Kier alpha value is -1.39. The third kappa shape index (κ3) is 2.71. The molecule has 1 aliphatic rings. The molecule has 4 heteroatoms. The van der Waals surface area contributed by atoms with Gasteiger partial charge in [-0.25, -0.2) is 0 Å². The highest BCUT2D eigenvalue weighted by molar-refractivity contribution is 5.64. The second kappa shape index (κ2) is 4.71. The Morgan fingerprint density at radius 3 is 2.78 bits per heavy atom. The van der Waals surface area contributed by atoms with E-state index in [0.717, 1.165) is 17.6 Å². The summed E-state index contributed by atoms with van der Waals surface area (Å²) in [5.41, 5.74) is 0.0957. The highest BCUT2D eigenvalue weighted by atomic mass is 16.8. The zero-order valence-corrected chi connectivity index (χ0v) is 10.9. The van der Waals surface area contributed by atoms with Gasteiger partial charge < -0.3 is 19.0 Å². The molecule has 0 unspecified atom stereocenters. The molecule has 4 nitrogen and oxygen atoms in total. The molecule has 1 fully saturated rings. The molecule has 18 heavy (non-hydrogen) atoms. The topological polar surface area (TPSA) is 44.8 Å². The quantitative estimate of drug-likeness (QED) is 0.766. The van der Waals surface area contributed by atoms with Gasteiger partial charge in [-0.15, -0.1) is 0 Å². The van der Waals surface area contributed by atoms with Crippen molar-refractivity contribution in [2.75, 3.05) is 13.7 Å². The molecule has 0 spiro atoms. The zero-order chi connectivity index (χ0) is 13.2. The Kier molecular flexibility index (Phi) is 3.41. The number of hydrogen-bond donors (Lipinski definition) is 0. The molecule has 2 rings (SSSR count). The average Bonchev–Trinajstić information content (AvgIpc) is 2.66. The summed E-state index contributed by atoms with van der Waals surface area (Å²) in [7, 11) is 1.62. The summed E-state index contributed by atoms with van der Waals surface area (Å²) in [5.74, 6) is 0.0616. The molecular weight excluding hydrogens is 232 g/mol. The minimum absolute atomic E-state index is 0.278. The van der Waals surface area contributed by atoms with Crippen molar-refractivity contribution >= 4 is 6.29 Å². The molecule has 1 aromatic carbocycles. The van der Waals surface area contributed by atoms with E-state index in [0.29, 0.717) is 6.42 Å². The number of carbonyl (C=O) groups is 1. The van der Waals surface area contributed by atoms with E-state index >= 15 is 0 Å². The largest absolute Gasteiger partial charge is 0.497 e. The lowest BCUT2D eigenvalue weighted by atomic mass is 9.96. The third-order valence-corrected chi connectivity index (χ3v) is 2.97. The van der Waals surface area contributed by atoms with Gasteiger partial charge in [0, 0.05) is 6.42 Å². The molecule has 0 bridgehead atoms. The van der Waals surface area contributed by atoms with Crippen LogP contribution in [-0.2, 0) is 20.7 Å². The van der Waals surface area contributed by atoms with E-state index in [1.807, 2.05) is 38.1 Å². The van der Waals surface area contributed by atoms with Crippen LogP contribution in [0.4, 0.5) is 0 Å². The first kappa shape index (κ1) is 13.1. The number of hydrogen-bond acceptors (Lipinski definition) is 4. The van der Waals surface area contributed by atoms with E-state index < -0.39 is 11.4 Å². The van der Waals surface area contributed by atoms with Gasteiger partial charge in [-0.05, 0) is 31.5 Å². The Balaban J connectivity index is 2.18. The first-order valence-electron chi connectivity index (χ1n) is 5.92. The fourth-order valence-corrected chi connectivity index (χ4v) is 2.16. The zero-order valence-electron chi connectivity index (χ0n) is 10.9. The van der Waals surface area contributed by atoms with Gasteiger partial charge in [0.05, 0.1) is 13.7 Å². The van der Waals surface area contributed by atoms with Crippen molar-refractivity contribution in [3.8, 4) is 5.75 Å². The summed E-state index contributed by atoms with van der Waals surface area (Å²) in [6, 6.07) is 7.61. The van der Waals surface area contributed by atoms with E-state index in [-0.39, 0.29) is 6.61 Å². The van der Waals surface area contributed by atoms with E-state index in [4.69, 9.17) is 14.2 Å². The van der Waals surface area contributed by atoms with Gasteiger partial charge in [0.2, 0.25) is 0 Å². The van der Waals surface area contributed by atoms with Crippen LogP contribution in [0.3, 0.4) is 0 Å². The second-order valence-electron chi connectivity index (χ2n) is 5.00. The summed E-state index contributed by atoms with van der Waals surface area (Å²) in [4.78, 5) is 11.3. The van der Waals surface area contributed by atoms with E-state index in [1.165, 1.54) is 0 Å². The molecule has 0 aliphatic carbocycles. The average molecular weight is 250 g/mol. The number of aldehydes is 1. The minimum atomic E-state index is -0.893. The van der Waals surface area contributed by atoms with Crippen LogP contribution < -0.4 is 4.74 Å². The van der Waals surface area contributed by atoms with Crippen LogP contribution in [0.25, 0.3) is 0 Å². The van der Waals surface area contributed by atoms with E-state index in [1.54, 1.807) is 7.11 Å². The fourth-order valence-electron chi connectivity index (χ4n) is 2.16. The van der Waals surface area contributed by atoms with Crippen molar-refractivity contribution in [2.45, 2.75) is 31.7 Å². The number of benzene rings is 1. The standard InChI is InChI=1S/C14H18O4/c1-13(2)17-10-14(9-15,18-13)8-11-5-4-6-12(7-11)16-3/h4-7,9H,8,10H2,1-3H3/t14-/m1/s1. The van der Waals surface area contributed by atoms with Gasteiger partial charge >= 0.3 is 0 Å². The Morgan fingerprint density at radius 2 is 2.22 bits per heavy atom. The van der Waals surface area contributed by atoms with E-state index in [2.05, 4.69) is 0 Å². The van der Waals surface area contributed by atoms with Crippen molar-refractivity contribution < 1.29 is 19.0 Å². The lowest BCUT2D eigenvalue weighted by Crippen LogP contribution is -2.38. The van der Waals surface area contributed by atoms with Crippen molar-refractivity contribution in [1.82, 2.24) is 0 Å². The highest BCUT2D eigenvalue weighted by Gasteiger charge is 2.45. The minimum Gasteiger partial charge on any atom is -0.497 e. The van der Waals surface area contributed by atoms with E-state index in [9.17, 15) is 4.79 Å². The normalized spacial score (nSPS) is 25.9. The van der Waals surface area contributed by atoms with Crippen LogP contribution in [0, 0.1) is 0 Å². The molecule has 1 heterocycles. The number of rotatable bonds is 4. The molecule has 0 radical (unpaired) electrons. The number of ether oxygens (including phenoxy) is 3. The van der Waals surface area contributed by atoms with Crippen molar-refractivity contribution in [3.05, 3.63) is 29.8 Å². The van der Waals surface area contributed by atoms with Crippen LogP contribution in [0.1, 0.15) is 19.4 Å². The Labute approximate surface area is 107 Å². The molecule has 0 aromatic heterocycles. The molecular formula is C14H18O4. The molecule has 98 valence electrons. The smallest absolute Gasteiger partial charge is 0.164 e. The molecule has 1 aromatic rings. The molecule has 0 N–H and O–H groups in total. The van der Waals surface area contributed by atoms with Gasteiger partial charge in [-0.2, -0.15) is 0 Å². The first-order chi connectivity index (χ1) is 8.49. The lowest BCUT2D eigenvalue weighted by Gasteiger charge is -2.23. The fraction of sp³-hybridized carbons (Fsp3) is 0.500. The van der Waals surface area contributed by atoms with Gasteiger partial charge in [-0.1, -0.05) is 12.1 Å². The Morgan fingerprint density at radius 1 is 1.44 bits per heavy atom. The first-order valence-corrected chi connectivity index (χ1v) is 5.92. The number of carbonyl (C=O) groups excluding carboxylic acids is 1. The SMILES string of the molecule is COc1cccc(C[C@@]2(C=O)COC(C)(C)O2)c1. The van der Waals surface area contributed by atoms with Crippen LogP contribution >= 0.6 is 0 Å². The summed E-state index contributed by atoms with van der Waals surface area (Å²) in [5, 5.41) is 0. The molecule has 0 amide bonds. The summed E-state index contributed by atoms with van der Waals surface area (Å²) < 4.78 is 16.4. The third-order valence-electron chi connectivity index (χ3n) is 2.97. The summed E-state index contributed by atoms with van der Waals surface area (Å²) >= 11 is 0. The molecule has 1 atom stereocenters. The second-order valence-corrected chi connectivity index (χ2v) is 5.00. The van der Waals surface area contributed by atoms with Crippen molar-refractivity contribution in [3.63, 3.8) is 0 Å². The predicted octanol–water partition coefficient (Wildman–Crippen LogP) is 1.96. The maximum Gasteiger partial charge on any atom is 0.164 e. The van der Waals surface area contributed by atoms with Crippen LogP contribution in [0.5, 0.6) is 5.75 Å². The molecule has 1 saturated heterocycles. The van der Waals surface area contributed by atoms with Crippen LogP contribution in [0.15, 0.2) is 24.3 Å². The number of methoxy groups -OCH3 is 1. The summed E-state index contributed by atoms with van der Waals surface area (Å²) in [6.07, 6.45) is 1.32. The lowest BCUT2D eigenvalue weighted by molar-refractivity contribution is -0.164. The molecule has 0 saturated carbocycles. The van der Waals surface area contributed by atoms with Gasteiger partial charge in [0.15, 0.2) is 17.7 Å². The predicted molar refractivity (Wildman–Crippen MR) is 66.6 cm³/mol. The Bertz CT molecular complexity index is 441. The van der Waals surface area contributed by atoms with Crippen LogP contribution in [-0.4, -0.2) is 31.4 Å². The van der Waals surface area contributed by atoms with Gasteiger partial charge in [0.25, 0.3) is 0 Å². The van der Waals surface area contributed by atoms with Crippen LogP contribution in [0.2, 0.25) is 0 Å². The highest BCUT2D eigenvalue weighted by Crippen LogP contribution is 2.32. The van der Waals surface area contributed by atoms with Gasteiger partial charge in [-0.3, -0.25) is 0 Å².